The highest BCUT2D eigenvalue weighted by Crippen LogP contribution is 2.32. The molecule has 2 aromatic carbocycles. The number of nitrogens with zero attached hydrogens (tertiary/aromatic N) is 1. The Morgan fingerprint density at radius 3 is 2.48 bits per heavy atom. The predicted octanol–water partition coefficient (Wildman–Crippen LogP) is 5.07. The third-order valence-corrected chi connectivity index (χ3v) is 3.53. The molecule has 0 aliphatic carbocycles. The summed E-state index contributed by atoms with van der Waals surface area (Å²) in [6.45, 7) is 4.42. The summed E-state index contributed by atoms with van der Waals surface area (Å²) < 4.78 is 0. The second-order valence-electron chi connectivity index (χ2n) is 6.05. The van der Waals surface area contributed by atoms with Gasteiger partial charge in [0, 0.05) is 17.7 Å². The van der Waals surface area contributed by atoms with Gasteiger partial charge >= 0.3 is 0 Å². The number of hydrogen-bond acceptors (Lipinski definition) is 2. The van der Waals surface area contributed by atoms with Crippen molar-refractivity contribution in [3.05, 3.63) is 66.2 Å². The van der Waals surface area contributed by atoms with Gasteiger partial charge in [0.15, 0.2) is 0 Å². The number of nitrogens with one attached hydrogen (secondary N) is 1. The summed E-state index contributed by atoms with van der Waals surface area (Å²) in [6.07, 6.45) is 5.15. The summed E-state index contributed by atoms with van der Waals surface area (Å²) in [4.78, 5) is 4.82. The van der Waals surface area contributed by atoms with Crippen LogP contribution in [0.4, 0.5) is 11.4 Å². The van der Waals surface area contributed by atoms with Gasteiger partial charge in [-0.3, -0.25) is 4.99 Å². The molecule has 1 heterocycles. The van der Waals surface area contributed by atoms with Crippen LogP contribution in [0.2, 0.25) is 0 Å². The van der Waals surface area contributed by atoms with Gasteiger partial charge in [-0.05, 0) is 37.6 Å². The molecule has 2 nitrogen and oxygen atoms in total. The lowest BCUT2D eigenvalue weighted by molar-refractivity contribution is 0.596. The molecular formula is C19H20N2. The number of hydrogen-bond donors (Lipinski definition) is 1. The zero-order valence-electron chi connectivity index (χ0n) is 12.5. The Bertz CT molecular complexity index is 682. The monoisotopic (exact) mass is 276 g/mol. The average Bonchev–Trinajstić information content (AvgIpc) is 2.60. The Hall–Kier alpha value is -2.35. The quantitative estimate of drug-likeness (QED) is 0.814. The van der Waals surface area contributed by atoms with Gasteiger partial charge in [-0.15, -0.1) is 0 Å². The molecule has 0 aromatic heterocycles. The highest BCUT2D eigenvalue weighted by molar-refractivity contribution is 6.02. The number of rotatable bonds is 2. The number of aliphatic imine (C=N–C) groups is 1. The van der Waals surface area contributed by atoms with Gasteiger partial charge in [0.1, 0.15) is 0 Å². The van der Waals surface area contributed by atoms with E-state index in [0.29, 0.717) is 0 Å². The Morgan fingerprint density at radius 2 is 1.67 bits per heavy atom. The van der Waals surface area contributed by atoms with Crippen molar-refractivity contribution >= 4 is 23.2 Å². The van der Waals surface area contributed by atoms with Gasteiger partial charge in [-0.1, -0.05) is 48.5 Å². The molecule has 0 spiro atoms. The zero-order valence-corrected chi connectivity index (χ0v) is 12.5. The van der Waals surface area contributed by atoms with Crippen LogP contribution in [0.5, 0.6) is 0 Å². The van der Waals surface area contributed by atoms with E-state index in [1.54, 1.807) is 0 Å². The summed E-state index contributed by atoms with van der Waals surface area (Å²) >= 11 is 0. The third-order valence-electron chi connectivity index (χ3n) is 3.53. The SMILES string of the molecule is CC1(C)CC(/C=C/c2ccccc2)=Nc2ccccc2N1. The maximum absolute atomic E-state index is 4.82. The van der Waals surface area contributed by atoms with Gasteiger partial charge in [-0.25, -0.2) is 0 Å². The van der Waals surface area contributed by atoms with Crippen LogP contribution in [-0.2, 0) is 0 Å². The highest BCUT2D eigenvalue weighted by atomic mass is 15.0. The van der Waals surface area contributed by atoms with Crippen molar-refractivity contribution in [1.82, 2.24) is 0 Å². The molecule has 2 aromatic rings. The fourth-order valence-corrected chi connectivity index (χ4v) is 2.59. The summed E-state index contributed by atoms with van der Waals surface area (Å²) in [7, 11) is 0. The molecule has 21 heavy (non-hydrogen) atoms. The molecule has 0 fully saturated rings. The lowest BCUT2D eigenvalue weighted by atomic mass is 9.96. The van der Waals surface area contributed by atoms with Crippen molar-refractivity contribution in [2.75, 3.05) is 5.32 Å². The smallest absolute Gasteiger partial charge is 0.0864 e. The first kappa shape index (κ1) is 13.6. The number of allylic oxidation sites excluding steroid dienone is 1. The third kappa shape index (κ3) is 3.40. The van der Waals surface area contributed by atoms with E-state index in [1.165, 1.54) is 5.56 Å². The molecular weight excluding hydrogens is 256 g/mol. The molecule has 0 atom stereocenters. The Morgan fingerprint density at radius 1 is 0.952 bits per heavy atom. The van der Waals surface area contributed by atoms with Crippen molar-refractivity contribution in [2.24, 2.45) is 4.99 Å². The van der Waals surface area contributed by atoms with Gasteiger partial charge in [0.25, 0.3) is 0 Å². The summed E-state index contributed by atoms with van der Waals surface area (Å²) in [5.74, 6) is 0. The molecule has 0 amide bonds. The van der Waals surface area contributed by atoms with Crippen molar-refractivity contribution in [3.8, 4) is 0 Å². The number of benzene rings is 2. The second-order valence-corrected chi connectivity index (χ2v) is 6.05. The fourth-order valence-electron chi connectivity index (χ4n) is 2.59. The lowest BCUT2D eigenvalue weighted by Crippen LogP contribution is -2.32. The van der Waals surface area contributed by atoms with E-state index >= 15 is 0 Å². The topological polar surface area (TPSA) is 24.4 Å². The van der Waals surface area contributed by atoms with E-state index < -0.39 is 0 Å². The molecule has 106 valence electrons. The van der Waals surface area contributed by atoms with E-state index in [0.717, 1.165) is 23.5 Å². The maximum Gasteiger partial charge on any atom is 0.0864 e. The fraction of sp³-hybridized carbons (Fsp3) is 0.211. The molecule has 3 rings (SSSR count). The molecule has 0 unspecified atom stereocenters. The van der Waals surface area contributed by atoms with Crippen LogP contribution < -0.4 is 5.32 Å². The van der Waals surface area contributed by atoms with Crippen molar-refractivity contribution < 1.29 is 0 Å². The Labute approximate surface area is 126 Å². The van der Waals surface area contributed by atoms with Crippen LogP contribution in [0.25, 0.3) is 6.08 Å². The minimum atomic E-state index is -0.00748. The summed E-state index contributed by atoms with van der Waals surface area (Å²) in [5.41, 5.74) is 4.40. The van der Waals surface area contributed by atoms with E-state index in [4.69, 9.17) is 4.99 Å². The first-order chi connectivity index (χ1) is 10.1. The van der Waals surface area contributed by atoms with Crippen LogP contribution in [0.1, 0.15) is 25.8 Å². The van der Waals surface area contributed by atoms with Crippen molar-refractivity contribution in [1.29, 1.82) is 0 Å². The lowest BCUT2D eigenvalue weighted by Gasteiger charge is -2.25. The van der Waals surface area contributed by atoms with Crippen LogP contribution in [0.15, 0.2) is 65.7 Å². The Balaban J connectivity index is 1.94. The van der Waals surface area contributed by atoms with E-state index in [1.807, 2.05) is 18.2 Å². The summed E-state index contributed by atoms with van der Waals surface area (Å²) in [5, 5.41) is 3.58. The molecule has 2 heteroatoms. The highest BCUT2D eigenvalue weighted by Gasteiger charge is 2.23. The molecule has 0 radical (unpaired) electrons. The molecule has 1 N–H and O–H groups in total. The first-order valence-corrected chi connectivity index (χ1v) is 7.30. The van der Waals surface area contributed by atoms with E-state index in [2.05, 4.69) is 67.7 Å². The van der Waals surface area contributed by atoms with Gasteiger partial charge in [-0.2, -0.15) is 0 Å². The minimum absolute atomic E-state index is 0.00748. The van der Waals surface area contributed by atoms with Crippen LogP contribution in [0.3, 0.4) is 0 Å². The Kier molecular flexibility index (Phi) is 3.61. The second kappa shape index (κ2) is 5.57. The molecule has 1 aliphatic rings. The number of anilines is 1. The predicted molar refractivity (Wildman–Crippen MR) is 91.3 cm³/mol. The zero-order chi connectivity index (χ0) is 14.7. The van der Waals surface area contributed by atoms with E-state index in [-0.39, 0.29) is 5.54 Å². The maximum atomic E-state index is 4.82. The number of fused-ring (bicyclic) bond motifs is 1. The van der Waals surface area contributed by atoms with Crippen molar-refractivity contribution in [3.63, 3.8) is 0 Å². The van der Waals surface area contributed by atoms with Crippen LogP contribution >= 0.6 is 0 Å². The standard InChI is InChI=1S/C19H20N2/c1-19(2)14-16(13-12-15-8-4-3-5-9-15)20-17-10-6-7-11-18(17)21-19/h3-13,21H,14H2,1-2H3/b13-12+. The average molecular weight is 276 g/mol. The molecule has 1 aliphatic heterocycles. The molecule has 0 bridgehead atoms. The molecule has 0 saturated heterocycles. The number of para-hydroxylation sites is 2. The minimum Gasteiger partial charge on any atom is -0.378 e. The molecule has 0 saturated carbocycles. The van der Waals surface area contributed by atoms with Crippen LogP contribution in [-0.4, -0.2) is 11.3 Å². The van der Waals surface area contributed by atoms with E-state index in [9.17, 15) is 0 Å². The summed E-state index contributed by atoms with van der Waals surface area (Å²) in [6, 6.07) is 18.6. The van der Waals surface area contributed by atoms with Gasteiger partial charge in [0.05, 0.1) is 11.4 Å². The largest absolute Gasteiger partial charge is 0.378 e. The van der Waals surface area contributed by atoms with Gasteiger partial charge in [0.2, 0.25) is 0 Å². The van der Waals surface area contributed by atoms with Crippen molar-refractivity contribution in [2.45, 2.75) is 25.8 Å². The normalized spacial score (nSPS) is 16.8. The first-order valence-electron chi connectivity index (χ1n) is 7.30. The van der Waals surface area contributed by atoms with Gasteiger partial charge < -0.3 is 5.32 Å². The van der Waals surface area contributed by atoms with Crippen LogP contribution in [0, 0.1) is 0 Å².